The largest absolute Gasteiger partial charge is 0.367 e. The summed E-state index contributed by atoms with van der Waals surface area (Å²) in [5.41, 5.74) is 6.64. The van der Waals surface area contributed by atoms with Crippen LogP contribution in [0, 0.1) is 10.1 Å². The molecule has 0 saturated carbocycles. The van der Waals surface area contributed by atoms with E-state index in [2.05, 4.69) is 20.6 Å². The summed E-state index contributed by atoms with van der Waals surface area (Å²) >= 11 is 0. The van der Waals surface area contributed by atoms with Gasteiger partial charge in [0.25, 0.3) is 11.6 Å². The van der Waals surface area contributed by atoms with Crippen LogP contribution in [-0.2, 0) is 0 Å². The minimum Gasteiger partial charge on any atom is -0.367 e. The van der Waals surface area contributed by atoms with Crippen molar-refractivity contribution in [2.45, 2.75) is 13.8 Å². The molecule has 0 aliphatic heterocycles. The summed E-state index contributed by atoms with van der Waals surface area (Å²) in [6, 6.07) is 4.90. The van der Waals surface area contributed by atoms with E-state index in [1.54, 1.807) is 12.1 Å². The molecule has 0 atom stereocenters. The van der Waals surface area contributed by atoms with Crippen molar-refractivity contribution in [2.75, 3.05) is 23.7 Å². The number of rotatable bonds is 6. The summed E-state index contributed by atoms with van der Waals surface area (Å²) in [6.07, 6.45) is 1.41. The average Bonchev–Trinajstić information content (AvgIpc) is 2.92. The second kappa shape index (κ2) is 6.61. The van der Waals surface area contributed by atoms with E-state index in [1.165, 1.54) is 12.3 Å². The number of nitrogens with zero attached hydrogens (tertiary/aromatic N) is 7. The summed E-state index contributed by atoms with van der Waals surface area (Å²) in [5.74, 6) is 0.0329. The van der Waals surface area contributed by atoms with Crippen LogP contribution >= 0.6 is 0 Å². The Kier molecular flexibility index (Phi) is 4.61. The van der Waals surface area contributed by atoms with Gasteiger partial charge in [0.1, 0.15) is 5.69 Å². The maximum Gasteiger partial charge on any atom is 0.293 e. The first-order valence-corrected chi connectivity index (χ1v) is 6.68. The number of tetrazole rings is 1. The molecule has 10 nitrogen and oxygen atoms in total. The molecular formula is C12H16N8O2. The van der Waals surface area contributed by atoms with E-state index in [4.69, 9.17) is 5.73 Å². The number of nitrogen functional groups attached to an aromatic ring is 1. The second-order valence-electron chi connectivity index (χ2n) is 4.35. The number of aromatic nitrogens is 4. The second-order valence-corrected chi connectivity index (χ2v) is 4.35. The van der Waals surface area contributed by atoms with Crippen LogP contribution in [0.15, 0.2) is 23.3 Å². The highest BCUT2D eigenvalue weighted by Crippen LogP contribution is 2.28. The molecule has 22 heavy (non-hydrogen) atoms. The van der Waals surface area contributed by atoms with Gasteiger partial charge in [0.15, 0.2) is 0 Å². The lowest BCUT2D eigenvalue weighted by atomic mass is 10.1. The molecule has 0 radical (unpaired) electrons. The highest BCUT2D eigenvalue weighted by atomic mass is 16.6. The van der Waals surface area contributed by atoms with Crippen molar-refractivity contribution < 1.29 is 4.92 Å². The van der Waals surface area contributed by atoms with Crippen LogP contribution in [0.25, 0.3) is 0 Å². The van der Waals surface area contributed by atoms with E-state index in [-0.39, 0.29) is 11.6 Å². The molecule has 0 fully saturated rings. The third-order valence-electron chi connectivity index (χ3n) is 3.09. The van der Waals surface area contributed by atoms with Gasteiger partial charge in [-0.2, -0.15) is 5.10 Å². The zero-order valence-corrected chi connectivity index (χ0v) is 12.2. The molecule has 1 heterocycles. The van der Waals surface area contributed by atoms with Gasteiger partial charge < -0.3 is 10.6 Å². The fourth-order valence-electron chi connectivity index (χ4n) is 1.99. The maximum absolute atomic E-state index is 11.3. The van der Waals surface area contributed by atoms with Crippen molar-refractivity contribution in [3.8, 4) is 0 Å². The van der Waals surface area contributed by atoms with Crippen LogP contribution in [0.4, 0.5) is 17.3 Å². The molecule has 116 valence electrons. The third-order valence-corrected chi connectivity index (χ3v) is 3.09. The smallest absolute Gasteiger partial charge is 0.293 e. The third kappa shape index (κ3) is 3.16. The Morgan fingerprint density at radius 3 is 2.73 bits per heavy atom. The van der Waals surface area contributed by atoms with Crippen LogP contribution in [0.5, 0.6) is 0 Å². The van der Waals surface area contributed by atoms with Crippen LogP contribution in [0.3, 0.4) is 0 Å². The topological polar surface area (TPSA) is 128 Å². The Hall–Kier alpha value is -3.04. The van der Waals surface area contributed by atoms with Gasteiger partial charge in [-0.1, -0.05) is 16.0 Å². The van der Waals surface area contributed by atoms with Gasteiger partial charge in [-0.3, -0.25) is 10.1 Å². The van der Waals surface area contributed by atoms with Crippen LogP contribution in [0.2, 0.25) is 0 Å². The summed E-state index contributed by atoms with van der Waals surface area (Å²) in [4.78, 5) is 13.8. The highest BCUT2D eigenvalue weighted by Gasteiger charge is 2.18. The lowest BCUT2D eigenvalue weighted by Gasteiger charge is -2.20. The molecule has 0 spiro atoms. The van der Waals surface area contributed by atoms with Gasteiger partial charge in [-0.15, -0.1) is 0 Å². The molecule has 10 heteroatoms. The average molecular weight is 304 g/mol. The molecule has 1 aromatic heterocycles. The Morgan fingerprint density at radius 1 is 1.45 bits per heavy atom. The Labute approximate surface area is 126 Å². The predicted molar refractivity (Wildman–Crippen MR) is 81.9 cm³/mol. The van der Waals surface area contributed by atoms with Crippen molar-refractivity contribution in [1.82, 2.24) is 20.3 Å². The van der Waals surface area contributed by atoms with Crippen molar-refractivity contribution in [3.63, 3.8) is 0 Å². The van der Waals surface area contributed by atoms with E-state index in [0.29, 0.717) is 24.3 Å². The molecule has 2 rings (SSSR count). The summed E-state index contributed by atoms with van der Waals surface area (Å²) < 4.78 is 0. The van der Waals surface area contributed by atoms with Gasteiger partial charge in [0.2, 0.25) is 0 Å². The predicted octanol–water partition coefficient (Wildman–Crippen LogP) is 0.892. The molecule has 0 aliphatic carbocycles. The van der Waals surface area contributed by atoms with Crippen molar-refractivity contribution in [3.05, 3.63) is 33.9 Å². The Balaban J connectivity index is 2.35. The van der Waals surface area contributed by atoms with Gasteiger partial charge in [-0.05, 0) is 30.3 Å². The normalized spacial score (nSPS) is 11.0. The number of hydrogen-bond acceptors (Lipinski definition) is 8. The van der Waals surface area contributed by atoms with Gasteiger partial charge in [0, 0.05) is 24.7 Å². The first-order valence-electron chi connectivity index (χ1n) is 6.68. The molecule has 0 aliphatic rings. The fraction of sp³-hybridized carbons (Fsp3) is 0.333. The van der Waals surface area contributed by atoms with Gasteiger partial charge >= 0.3 is 0 Å². The number of nitro benzene ring substituents is 1. The van der Waals surface area contributed by atoms with Crippen LogP contribution in [0.1, 0.15) is 19.4 Å². The lowest BCUT2D eigenvalue weighted by Crippen LogP contribution is -2.22. The number of hydrogen-bond donors (Lipinski definition) is 1. The number of nitrogens with two attached hydrogens (primary N) is 1. The minimum atomic E-state index is -0.406. The first kappa shape index (κ1) is 15.4. The van der Waals surface area contributed by atoms with E-state index in [9.17, 15) is 10.1 Å². The molecule has 0 unspecified atom stereocenters. The monoisotopic (exact) mass is 304 g/mol. The number of nitro groups is 1. The van der Waals surface area contributed by atoms with E-state index in [0.717, 1.165) is 4.79 Å². The maximum atomic E-state index is 11.3. The Morgan fingerprint density at radius 2 is 2.18 bits per heavy atom. The van der Waals surface area contributed by atoms with Gasteiger partial charge in [-0.25, -0.2) is 0 Å². The zero-order chi connectivity index (χ0) is 16.1. The molecule has 2 aromatic rings. The molecular weight excluding hydrogens is 288 g/mol. The van der Waals surface area contributed by atoms with Crippen molar-refractivity contribution >= 4 is 23.5 Å². The molecule has 0 amide bonds. The molecule has 0 saturated heterocycles. The van der Waals surface area contributed by atoms with E-state index >= 15 is 0 Å². The summed E-state index contributed by atoms with van der Waals surface area (Å²) in [5, 5.41) is 25.6. The van der Waals surface area contributed by atoms with Crippen molar-refractivity contribution in [2.24, 2.45) is 5.10 Å². The zero-order valence-electron chi connectivity index (χ0n) is 12.2. The van der Waals surface area contributed by atoms with Crippen LogP contribution < -0.4 is 10.6 Å². The first-order chi connectivity index (χ1) is 10.6. The fourth-order valence-corrected chi connectivity index (χ4v) is 1.99. The van der Waals surface area contributed by atoms with E-state index < -0.39 is 4.92 Å². The number of anilines is 2. The highest BCUT2D eigenvalue weighted by molar-refractivity contribution is 5.83. The van der Waals surface area contributed by atoms with Gasteiger partial charge in [0.05, 0.1) is 11.1 Å². The standard InChI is InChI=1S/C12H16N8O2/c1-3-18(4-2)10-6-5-9(7-11(10)20(21)22)8-14-19-12(13)15-16-17-19/h5-8H,3-4H2,1-2H3,(H2,13,15,17)/b14-8-. The minimum absolute atomic E-state index is 0.0253. The SMILES string of the molecule is CCN(CC)c1ccc(/C=N\n2nnnc2N)cc1[N+](=O)[O-]. The quantitative estimate of drug-likeness (QED) is 0.476. The van der Waals surface area contributed by atoms with E-state index in [1.807, 2.05) is 18.7 Å². The van der Waals surface area contributed by atoms with Crippen LogP contribution in [-0.4, -0.2) is 44.5 Å². The molecule has 0 bridgehead atoms. The summed E-state index contributed by atoms with van der Waals surface area (Å²) in [7, 11) is 0. The van der Waals surface area contributed by atoms with Crippen molar-refractivity contribution in [1.29, 1.82) is 0 Å². The summed E-state index contributed by atoms with van der Waals surface area (Å²) in [6.45, 7) is 5.27. The molecule has 1 aromatic carbocycles. The lowest BCUT2D eigenvalue weighted by molar-refractivity contribution is -0.384. The molecule has 2 N–H and O–H groups in total. The Bertz CT molecular complexity index is 692. The number of benzene rings is 1.